The number of ether oxygens (including phenoxy) is 1. The van der Waals surface area contributed by atoms with Gasteiger partial charge < -0.3 is 14.9 Å². The predicted molar refractivity (Wildman–Crippen MR) is 112 cm³/mol. The lowest BCUT2D eigenvalue weighted by Crippen LogP contribution is -2.33. The Balaban J connectivity index is 1.63. The maximum absolute atomic E-state index is 12.2. The molecular formula is C22H21ClN2O3. The molecular weight excluding hydrogens is 376 g/mol. The van der Waals surface area contributed by atoms with Crippen LogP contribution in [0.15, 0.2) is 65.8 Å². The van der Waals surface area contributed by atoms with E-state index < -0.39 is 6.10 Å². The van der Waals surface area contributed by atoms with Crippen molar-refractivity contribution in [2.24, 2.45) is 5.16 Å². The van der Waals surface area contributed by atoms with Crippen molar-refractivity contribution in [3.63, 3.8) is 0 Å². The van der Waals surface area contributed by atoms with E-state index in [0.717, 1.165) is 21.9 Å². The van der Waals surface area contributed by atoms with Crippen molar-refractivity contribution in [3.05, 3.63) is 76.8 Å². The Morgan fingerprint density at radius 1 is 1.14 bits per heavy atom. The van der Waals surface area contributed by atoms with Gasteiger partial charge in [0.25, 0.3) is 5.91 Å². The van der Waals surface area contributed by atoms with Gasteiger partial charge in [-0.05, 0) is 41.5 Å². The van der Waals surface area contributed by atoms with Crippen LogP contribution in [-0.4, -0.2) is 25.3 Å². The number of amides is 1. The highest BCUT2D eigenvalue weighted by Crippen LogP contribution is 2.26. The van der Waals surface area contributed by atoms with Crippen molar-refractivity contribution in [3.8, 4) is 5.75 Å². The summed E-state index contributed by atoms with van der Waals surface area (Å²) in [7, 11) is 1.61. The molecule has 1 N–H and O–H groups in total. The minimum absolute atomic E-state index is 0.253. The van der Waals surface area contributed by atoms with E-state index in [2.05, 4.69) is 10.5 Å². The number of carbonyl (C=O) groups is 1. The van der Waals surface area contributed by atoms with Crippen LogP contribution in [0.5, 0.6) is 5.75 Å². The van der Waals surface area contributed by atoms with Crippen LogP contribution in [-0.2, 0) is 16.2 Å². The third-order valence-electron chi connectivity index (χ3n) is 4.30. The molecule has 3 aromatic carbocycles. The number of fused-ring (bicyclic) bond motifs is 1. The van der Waals surface area contributed by atoms with Crippen LogP contribution in [0.4, 0.5) is 0 Å². The zero-order chi connectivity index (χ0) is 19.9. The predicted octanol–water partition coefficient (Wildman–Crippen LogP) is 4.56. The topological polar surface area (TPSA) is 59.9 Å². The van der Waals surface area contributed by atoms with E-state index in [0.29, 0.717) is 17.3 Å². The first-order valence-electron chi connectivity index (χ1n) is 8.85. The number of hydrogen-bond donors (Lipinski definition) is 1. The third-order valence-corrected chi connectivity index (χ3v) is 4.55. The number of oxime groups is 1. The number of hydrogen-bond acceptors (Lipinski definition) is 4. The fourth-order valence-corrected chi connectivity index (χ4v) is 2.87. The van der Waals surface area contributed by atoms with Gasteiger partial charge >= 0.3 is 0 Å². The second-order valence-corrected chi connectivity index (χ2v) is 6.67. The number of nitrogens with one attached hydrogen (secondary N) is 1. The molecule has 0 heterocycles. The van der Waals surface area contributed by atoms with Gasteiger partial charge in [-0.2, -0.15) is 0 Å². The highest BCUT2D eigenvalue weighted by molar-refractivity contribution is 6.30. The summed E-state index contributed by atoms with van der Waals surface area (Å²) in [5, 5.41) is 9.54. The molecule has 0 aliphatic heterocycles. The third kappa shape index (κ3) is 4.81. The van der Waals surface area contributed by atoms with E-state index >= 15 is 0 Å². The average molecular weight is 397 g/mol. The highest BCUT2D eigenvalue weighted by Gasteiger charge is 2.14. The zero-order valence-corrected chi connectivity index (χ0v) is 16.4. The van der Waals surface area contributed by atoms with Gasteiger partial charge in [0.05, 0.1) is 13.3 Å². The van der Waals surface area contributed by atoms with Gasteiger partial charge in [0.2, 0.25) is 6.10 Å². The SMILES string of the molecule is COc1ccc2ccccc2c1/C=N/OC(C)C(=O)NCc1ccc(Cl)cc1. The molecule has 0 aromatic heterocycles. The van der Waals surface area contributed by atoms with Gasteiger partial charge in [-0.15, -0.1) is 0 Å². The summed E-state index contributed by atoms with van der Waals surface area (Å²) in [6, 6.07) is 19.1. The lowest BCUT2D eigenvalue weighted by atomic mass is 10.0. The molecule has 6 heteroatoms. The smallest absolute Gasteiger partial charge is 0.263 e. The van der Waals surface area contributed by atoms with Gasteiger partial charge in [-0.3, -0.25) is 4.79 Å². The van der Waals surface area contributed by atoms with Gasteiger partial charge in [-0.1, -0.05) is 59.2 Å². The molecule has 0 saturated heterocycles. The number of rotatable bonds is 7. The van der Waals surface area contributed by atoms with Crippen LogP contribution < -0.4 is 10.1 Å². The summed E-state index contributed by atoms with van der Waals surface area (Å²) >= 11 is 5.86. The molecule has 1 unspecified atom stereocenters. The molecule has 0 spiro atoms. The summed E-state index contributed by atoms with van der Waals surface area (Å²) in [5.74, 6) is 0.433. The van der Waals surface area contributed by atoms with E-state index in [-0.39, 0.29) is 5.91 Å². The lowest BCUT2D eigenvalue weighted by Gasteiger charge is -2.11. The Hall–Kier alpha value is -3.05. The zero-order valence-electron chi connectivity index (χ0n) is 15.7. The number of nitrogens with zero attached hydrogens (tertiary/aromatic N) is 1. The highest BCUT2D eigenvalue weighted by atomic mass is 35.5. The van der Waals surface area contributed by atoms with Gasteiger partial charge in [0.15, 0.2) is 0 Å². The second-order valence-electron chi connectivity index (χ2n) is 6.23. The minimum atomic E-state index is -0.732. The fourth-order valence-electron chi connectivity index (χ4n) is 2.74. The van der Waals surface area contributed by atoms with Crippen molar-refractivity contribution >= 4 is 34.5 Å². The van der Waals surface area contributed by atoms with Crippen molar-refractivity contribution in [1.29, 1.82) is 0 Å². The van der Waals surface area contributed by atoms with Crippen molar-refractivity contribution in [1.82, 2.24) is 5.32 Å². The van der Waals surface area contributed by atoms with E-state index in [4.69, 9.17) is 21.2 Å². The van der Waals surface area contributed by atoms with Crippen molar-refractivity contribution in [2.45, 2.75) is 19.6 Å². The summed E-state index contributed by atoms with van der Waals surface area (Å²) in [4.78, 5) is 17.5. The monoisotopic (exact) mass is 396 g/mol. The molecule has 0 aliphatic rings. The molecule has 0 aliphatic carbocycles. The van der Waals surface area contributed by atoms with Crippen LogP contribution in [0, 0.1) is 0 Å². The molecule has 0 saturated carbocycles. The van der Waals surface area contributed by atoms with E-state index in [9.17, 15) is 4.79 Å². The lowest BCUT2D eigenvalue weighted by molar-refractivity contribution is -0.131. The Bertz CT molecular complexity index is 987. The Morgan fingerprint density at radius 3 is 2.64 bits per heavy atom. The minimum Gasteiger partial charge on any atom is -0.496 e. The molecule has 5 nitrogen and oxygen atoms in total. The van der Waals surface area contributed by atoms with Crippen LogP contribution >= 0.6 is 11.6 Å². The molecule has 144 valence electrons. The van der Waals surface area contributed by atoms with Crippen LogP contribution in [0.1, 0.15) is 18.1 Å². The van der Waals surface area contributed by atoms with Gasteiger partial charge in [-0.25, -0.2) is 0 Å². The second kappa shape index (κ2) is 9.24. The standard InChI is InChI=1S/C22H21ClN2O3/c1-15(22(26)24-13-16-7-10-18(23)11-8-16)28-25-14-20-19-6-4-3-5-17(19)9-12-21(20)27-2/h3-12,14-15H,13H2,1-2H3,(H,24,26)/b25-14+. The van der Waals surface area contributed by atoms with Crippen LogP contribution in [0.3, 0.4) is 0 Å². The van der Waals surface area contributed by atoms with Crippen LogP contribution in [0.25, 0.3) is 10.8 Å². The van der Waals surface area contributed by atoms with E-state index in [1.807, 2.05) is 48.5 Å². The summed E-state index contributed by atoms with van der Waals surface area (Å²) < 4.78 is 5.42. The summed E-state index contributed by atoms with van der Waals surface area (Å²) in [6.07, 6.45) is 0.842. The quantitative estimate of drug-likeness (QED) is 0.470. The van der Waals surface area contributed by atoms with Gasteiger partial charge in [0.1, 0.15) is 5.75 Å². The largest absolute Gasteiger partial charge is 0.496 e. The number of halogens is 1. The maximum Gasteiger partial charge on any atom is 0.263 e. The molecule has 1 amide bonds. The first-order chi connectivity index (χ1) is 13.6. The Labute approximate surface area is 168 Å². The molecule has 3 aromatic rings. The first kappa shape index (κ1) is 19.7. The molecule has 0 bridgehead atoms. The average Bonchev–Trinajstić information content (AvgIpc) is 2.73. The Morgan fingerprint density at radius 2 is 1.89 bits per heavy atom. The van der Waals surface area contributed by atoms with Gasteiger partial charge in [0, 0.05) is 17.1 Å². The molecule has 28 heavy (non-hydrogen) atoms. The molecule has 0 radical (unpaired) electrons. The Kier molecular flexibility index (Phi) is 6.50. The van der Waals surface area contributed by atoms with E-state index in [1.54, 1.807) is 32.4 Å². The maximum atomic E-state index is 12.2. The number of benzene rings is 3. The van der Waals surface area contributed by atoms with Crippen molar-refractivity contribution < 1.29 is 14.4 Å². The van der Waals surface area contributed by atoms with Crippen LogP contribution in [0.2, 0.25) is 5.02 Å². The van der Waals surface area contributed by atoms with Crippen molar-refractivity contribution in [2.75, 3.05) is 7.11 Å². The molecule has 1 atom stereocenters. The first-order valence-corrected chi connectivity index (χ1v) is 9.23. The fraction of sp³-hybridized carbons (Fsp3) is 0.182. The number of carbonyl (C=O) groups excluding carboxylic acids is 1. The molecule has 3 rings (SSSR count). The van der Waals surface area contributed by atoms with E-state index in [1.165, 1.54) is 0 Å². The summed E-state index contributed by atoms with van der Waals surface area (Å²) in [6.45, 7) is 2.04. The normalized spacial score (nSPS) is 12.1. The number of methoxy groups -OCH3 is 1. The summed E-state index contributed by atoms with van der Waals surface area (Å²) in [5.41, 5.74) is 1.75. The molecule has 0 fully saturated rings.